The molecule has 6 rings (SSSR count). The van der Waals surface area contributed by atoms with Crippen LogP contribution in [-0.2, 0) is 37.9 Å². The Bertz CT molecular complexity index is 1370. The van der Waals surface area contributed by atoms with E-state index in [0.717, 1.165) is 0 Å². The molecule has 22 nitrogen and oxygen atoms in total. The summed E-state index contributed by atoms with van der Waals surface area (Å²) in [7, 11) is 0. The van der Waals surface area contributed by atoms with Gasteiger partial charge >= 0.3 is 0 Å². The van der Waals surface area contributed by atoms with Crippen molar-refractivity contribution in [2.24, 2.45) is 28.7 Å². The van der Waals surface area contributed by atoms with E-state index in [9.17, 15) is 40.8 Å². The minimum absolute atomic E-state index is 0.0614. The van der Waals surface area contributed by atoms with Crippen molar-refractivity contribution in [3.05, 3.63) is 39.9 Å². The van der Waals surface area contributed by atoms with E-state index in [1.54, 1.807) is 6.07 Å². The molecular weight excluding hydrogens is 700 g/mol. The number of ether oxygens (including phenoxy) is 8. The number of benzene rings is 1. The van der Waals surface area contributed by atoms with Crippen molar-refractivity contribution in [3.63, 3.8) is 0 Å². The van der Waals surface area contributed by atoms with E-state index in [1.165, 1.54) is 18.2 Å². The molecule has 20 atom stereocenters. The Balaban J connectivity index is 1.13. The lowest BCUT2D eigenvalue weighted by Gasteiger charge is -2.49. The second-order valence-electron chi connectivity index (χ2n) is 13.6. The molecule has 52 heavy (non-hydrogen) atoms. The molecule has 1 aromatic carbocycles. The van der Waals surface area contributed by atoms with Gasteiger partial charge < -0.3 is 97.2 Å². The van der Waals surface area contributed by atoms with E-state index in [4.69, 9.17) is 66.6 Å². The van der Waals surface area contributed by atoms with Crippen LogP contribution in [0.4, 0.5) is 5.69 Å². The highest BCUT2D eigenvalue weighted by molar-refractivity contribution is 5.35. The number of nitro benzene ring substituents is 1. The molecule has 2 unspecified atom stereocenters. The predicted octanol–water partition coefficient (Wildman–Crippen LogP) is -6.19. The van der Waals surface area contributed by atoms with Crippen molar-refractivity contribution < 1.29 is 73.5 Å². The average Bonchev–Trinajstić information content (AvgIpc) is 3.43. The van der Waals surface area contributed by atoms with Crippen molar-refractivity contribution >= 4 is 5.69 Å². The maximum Gasteiger partial charge on any atom is 0.269 e. The minimum Gasteiger partial charge on any atom is -0.394 e. The molecule has 0 bridgehead atoms. The Hall–Kier alpha value is -2.14. The van der Waals surface area contributed by atoms with Crippen LogP contribution < -0.4 is 28.7 Å². The first kappa shape index (κ1) is 39.6. The zero-order chi connectivity index (χ0) is 37.6. The van der Waals surface area contributed by atoms with Crippen LogP contribution in [0.15, 0.2) is 24.3 Å². The smallest absolute Gasteiger partial charge is 0.269 e. The minimum atomic E-state index is -1.64. The van der Waals surface area contributed by atoms with Crippen LogP contribution >= 0.6 is 0 Å². The molecule has 4 heterocycles. The quantitative estimate of drug-likeness (QED) is 0.0783. The Kier molecular flexibility index (Phi) is 12.4. The maximum atomic E-state index is 11.3. The summed E-state index contributed by atoms with van der Waals surface area (Å²) in [4.78, 5) is 10.7. The van der Waals surface area contributed by atoms with Gasteiger partial charge in [-0.1, -0.05) is 12.1 Å². The summed E-state index contributed by atoms with van der Waals surface area (Å²) in [5.41, 5.74) is 30.8. The number of rotatable bonds is 10. The number of nitrogens with two attached hydrogens (primary N) is 5. The molecule has 294 valence electrons. The molecule has 22 heteroatoms. The highest BCUT2D eigenvalue weighted by Crippen LogP contribution is 2.37. The fourth-order valence-electron chi connectivity index (χ4n) is 7.16. The third-order valence-corrected chi connectivity index (χ3v) is 10.2. The second kappa shape index (κ2) is 16.3. The van der Waals surface area contributed by atoms with Gasteiger partial charge in [-0.05, 0) is 6.42 Å². The standard InChI is InChI=1S/C30H48N6O16/c31-6-13-19(39)20(40)16(34)28(46-13)51-24-14(7-37)47-30(22(24)42)52-26-18(38)11(32)5-12(33)23(26)49-29-17(35)21(41)25-15(48-29)8-45-27(50-25)9-2-1-3-10(4-9)36(43)44/h1-4,11-30,37-42H,5-8,31-35H2/t11-,12+,13?,14-,15-,16-,17-,18+,19-,20-,21-,22-,23-,24-,25-,26-,27?,28-,29-,30+/m1/s1. The van der Waals surface area contributed by atoms with Gasteiger partial charge in [0.1, 0.15) is 67.1 Å². The van der Waals surface area contributed by atoms with Gasteiger partial charge in [0.15, 0.2) is 25.2 Å². The van der Waals surface area contributed by atoms with Gasteiger partial charge in [-0.3, -0.25) is 10.1 Å². The summed E-state index contributed by atoms with van der Waals surface area (Å²) in [6, 6.07) is 1.37. The topological polar surface area (TPSA) is 368 Å². The summed E-state index contributed by atoms with van der Waals surface area (Å²) < 4.78 is 47.2. The van der Waals surface area contributed by atoms with E-state index in [0.29, 0.717) is 5.56 Å². The van der Waals surface area contributed by atoms with Crippen LogP contribution in [0, 0.1) is 10.1 Å². The summed E-state index contributed by atoms with van der Waals surface area (Å²) >= 11 is 0. The molecule has 4 aliphatic heterocycles. The van der Waals surface area contributed by atoms with E-state index in [1.807, 2.05) is 0 Å². The fraction of sp³-hybridized carbons (Fsp3) is 0.800. The lowest BCUT2D eigenvalue weighted by molar-refractivity contribution is -0.385. The Morgan fingerprint density at radius 2 is 1.42 bits per heavy atom. The first-order valence-corrected chi connectivity index (χ1v) is 16.9. The molecule has 5 fully saturated rings. The monoisotopic (exact) mass is 748 g/mol. The van der Waals surface area contributed by atoms with Crippen LogP contribution in [0.25, 0.3) is 0 Å². The Morgan fingerprint density at radius 3 is 2.12 bits per heavy atom. The molecule has 4 saturated heterocycles. The largest absolute Gasteiger partial charge is 0.394 e. The number of aliphatic hydroxyl groups excluding tert-OH is 6. The number of aliphatic hydroxyl groups is 6. The molecule has 0 amide bonds. The van der Waals surface area contributed by atoms with E-state index in [-0.39, 0.29) is 25.3 Å². The number of nitro groups is 1. The number of fused-ring (bicyclic) bond motifs is 1. The molecule has 1 saturated carbocycles. The molecular formula is C30H48N6O16. The lowest BCUT2D eigenvalue weighted by Crippen LogP contribution is -2.69. The van der Waals surface area contributed by atoms with E-state index in [2.05, 4.69) is 0 Å². The fourth-order valence-corrected chi connectivity index (χ4v) is 7.16. The summed E-state index contributed by atoms with van der Waals surface area (Å²) in [5.74, 6) is 0. The maximum absolute atomic E-state index is 11.3. The van der Waals surface area contributed by atoms with Crippen LogP contribution in [0.1, 0.15) is 18.3 Å². The Morgan fingerprint density at radius 1 is 0.769 bits per heavy atom. The van der Waals surface area contributed by atoms with Crippen LogP contribution in [0.2, 0.25) is 0 Å². The van der Waals surface area contributed by atoms with Gasteiger partial charge in [0.05, 0.1) is 36.3 Å². The lowest BCUT2D eigenvalue weighted by atomic mass is 9.84. The molecule has 16 N–H and O–H groups in total. The third-order valence-electron chi connectivity index (χ3n) is 10.2. The van der Waals surface area contributed by atoms with Crippen molar-refractivity contribution in [1.82, 2.24) is 0 Å². The Labute approximate surface area is 296 Å². The van der Waals surface area contributed by atoms with Crippen molar-refractivity contribution in [2.45, 2.75) is 129 Å². The number of nitrogens with zero attached hydrogens (tertiary/aromatic N) is 1. The van der Waals surface area contributed by atoms with Crippen molar-refractivity contribution in [3.8, 4) is 0 Å². The SMILES string of the molecule is NCC1O[C@H](O[C@H]2[C@@H](O)[C@H](O[C@@H]3[C@@H](O)[C@H](N)C[C@H](N)[C@H]3O[C@H]3O[C@@H]4COC(c5cccc([N+](=O)[O-])c5)O[C@H]4[C@H](O)[C@H]3N)O[C@@H]2CO)[C@H](N)[C@@H](O)[C@@H]1O. The molecule has 1 aliphatic carbocycles. The van der Waals surface area contributed by atoms with Crippen LogP contribution in [0.3, 0.4) is 0 Å². The zero-order valence-corrected chi connectivity index (χ0v) is 27.8. The van der Waals surface area contributed by atoms with Gasteiger partial charge in [-0.2, -0.15) is 0 Å². The summed E-state index contributed by atoms with van der Waals surface area (Å²) in [6.45, 7) is -0.966. The van der Waals surface area contributed by atoms with Gasteiger partial charge in [0, 0.05) is 36.3 Å². The number of hydrogen-bond donors (Lipinski definition) is 11. The second-order valence-corrected chi connectivity index (χ2v) is 13.6. The third kappa shape index (κ3) is 7.70. The normalized spacial score (nSPS) is 48.3. The van der Waals surface area contributed by atoms with Crippen LogP contribution in [-0.4, -0.2) is 172 Å². The summed E-state index contributed by atoms with van der Waals surface area (Å²) in [5, 5.41) is 75.6. The molecule has 5 aliphatic rings. The van der Waals surface area contributed by atoms with Crippen molar-refractivity contribution in [2.75, 3.05) is 19.8 Å². The highest BCUT2D eigenvalue weighted by atomic mass is 16.8. The first-order chi connectivity index (χ1) is 24.7. The van der Waals surface area contributed by atoms with Crippen LogP contribution in [0.5, 0.6) is 0 Å². The van der Waals surface area contributed by atoms with E-state index < -0.39 is 134 Å². The zero-order valence-electron chi connectivity index (χ0n) is 27.8. The predicted molar refractivity (Wildman–Crippen MR) is 170 cm³/mol. The molecule has 1 aromatic rings. The highest BCUT2D eigenvalue weighted by Gasteiger charge is 2.55. The van der Waals surface area contributed by atoms with Gasteiger partial charge in [0.25, 0.3) is 5.69 Å². The first-order valence-electron chi connectivity index (χ1n) is 16.9. The molecule has 0 spiro atoms. The number of hydrogen-bond acceptors (Lipinski definition) is 21. The van der Waals surface area contributed by atoms with Gasteiger partial charge in [0.2, 0.25) is 0 Å². The van der Waals surface area contributed by atoms with Gasteiger partial charge in [-0.25, -0.2) is 0 Å². The molecule has 0 radical (unpaired) electrons. The molecule has 0 aromatic heterocycles. The number of non-ortho nitro benzene ring substituents is 1. The average molecular weight is 749 g/mol. The summed E-state index contributed by atoms with van der Waals surface area (Å²) in [6.07, 6.45) is -20.7. The van der Waals surface area contributed by atoms with E-state index >= 15 is 0 Å². The van der Waals surface area contributed by atoms with Crippen molar-refractivity contribution in [1.29, 1.82) is 0 Å². The van der Waals surface area contributed by atoms with Gasteiger partial charge in [-0.15, -0.1) is 0 Å².